The van der Waals surface area contributed by atoms with Gasteiger partial charge in [0.2, 0.25) is 0 Å². The molecule has 0 fully saturated rings. The van der Waals surface area contributed by atoms with Crippen LogP contribution in [0.3, 0.4) is 0 Å². The van der Waals surface area contributed by atoms with Gasteiger partial charge in [-0.3, -0.25) is 0 Å². The third-order valence-electron chi connectivity index (χ3n) is 2.60. The predicted molar refractivity (Wildman–Crippen MR) is 75.5 cm³/mol. The number of nitrogens with zero attached hydrogens (tertiary/aromatic N) is 2. The molecule has 2 aromatic rings. The van der Waals surface area contributed by atoms with Gasteiger partial charge in [-0.2, -0.15) is 0 Å². The van der Waals surface area contributed by atoms with E-state index < -0.39 is 0 Å². The van der Waals surface area contributed by atoms with Crippen molar-refractivity contribution in [3.63, 3.8) is 0 Å². The standard InChI is InChI=1S/C14H18N4O/c1-9(2)19-12-5-3-10(4-6-12)14-17-8-11(7-15)13(16)18-14/h3-6,8-9H,7,15H2,1-2H3,(H2,16,17,18). The number of benzene rings is 1. The Labute approximate surface area is 112 Å². The molecule has 0 spiro atoms. The summed E-state index contributed by atoms with van der Waals surface area (Å²) in [5.74, 6) is 1.84. The fourth-order valence-electron chi connectivity index (χ4n) is 1.67. The molecule has 0 aliphatic rings. The lowest BCUT2D eigenvalue weighted by Crippen LogP contribution is -2.06. The van der Waals surface area contributed by atoms with E-state index >= 15 is 0 Å². The second-order valence-electron chi connectivity index (χ2n) is 4.50. The topological polar surface area (TPSA) is 87.0 Å². The van der Waals surface area contributed by atoms with Gasteiger partial charge in [-0.05, 0) is 38.1 Å². The maximum Gasteiger partial charge on any atom is 0.161 e. The Balaban J connectivity index is 2.24. The third-order valence-corrected chi connectivity index (χ3v) is 2.60. The van der Waals surface area contributed by atoms with Gasteiger partial charge >= 0.3 is 0 Å². The molecule has 5 heteroatoms. The maximum atomic E-state index is 5.81. The highest BCUT2D eigenvalue weighted by Crippen LogP contribution is 2.21. The molecule has 100 valence electrons. The van der Waals surface area contributed by atoms with E-state index in [0.717, 1.165) is 16.9 Å². The molecular formula is C14H18N4O. The number of rotatable bonds is 4. The highest BCUT2D eigenvalue weighted by molar-refractivity contribution is 5.58. The van der Waals surface area contributed by atoms with Gasteiger partial charge in [0.1, 0.15) is 11.6 Å². The minimum absolute atomic E-state index is 0.154. The van der Waals surface area contributed by atoms with Gasteiger partial charge in [-0.25, -0.2) is 9.97 Å². The van der Waals surface area contributed by atoms with Crippen molar-refractivity contribution in [3.8, 4) is 17.1 Å². The SMILES string of the molecule is CC(C)Oc1ccc(-c2ncc(CN)c(N)n2)cc1. The van der Waals surface area contributed by atoms with Gasteiger partial charge in [0, 0.05) is 23.9 Å². The summed E-state index contributed by atoms with van der Waals surface area (Å²) in [6.07, 6.45) is 1.82. The van der Waals surface area contributed by atoms with Gasteiger partial charge in [0.05, 0.1) is 6.10 Å². The van der Waals surface area contributed by atoms with Gasteiger partial charge in [0.25, 0.3) is 0 Å². The second kappa shape index (κ2) is 5.67. The van der Waals surface area contributed by atoms with E-state index in [9.17, 15) is 0 Å². The molecule has 0 aliphatic carbocycles. The van der Waals surface area contributed by atoms with Crippen LogP contribution in [0.1, 0.15) is 19.4 Å². The zero-order valence-electron chi connectivity index (χ0n) is 11.1. The minimum Gasteiger partial charge on any atom is -0.491 e. The molecule has 5 nitrogen and oxygen atoms in total. The first-order valence-corrected chi connectivity index (χ1v) is 6.18. The van der Waals surface area contributed by atoms with E-state index in [1.54, 1.807) is 6.20 Å². The molecular weight excluding hydrogens is 240 g/mol. The van der Waals surface area contributed by atoms with E-state index in [-0.39, 0.29) is 6.10 Å². The van der Waals surface area contributed by atoms with Crippen LogP contribution in [-0.4, -0.2) is 16.1 Å². The zero-order valence-corrected chi connectivity index (χ0v) is 11.1. The first-order chi connectivity index (χ1) is 9.10. The lowest BCUT2D eigenvalue weighted by Gasteiger charge is -2.10. The predicted octanol–water partition coefficient (Wildman–Crippen LogP) is 1.97. The maximum absolute atomic E-state index is 5.81. The van der Waals surface area contributed by atoms with Crippen LogP contribution in [0.15, 0.2) is 30.5 Å². The Morgan fingerprint density at radius 3 is 2.42 bits per heavy atom. The third kappa shape index (κ3) is 3.20. The number of aromatic nitrogens is 2. The zero-order chi connectivity index (χ0) is 13.8. The summed E-state index contributed by atoms with van der Waals surface area (Å²) in [5.41, 5.74) is 13.0. The number of nitrogen functional groups attached to an aromatic ring is 1. The van der Waals surface area contributed by atoms with Gasteiger partial charge in [0.15, 0.2) is 5.82 Å². The van der Waals surface area contributed by atoms with Crippen LogP contribution >= 0.6 is 0 Å². The summed E-state index contributed by atoms with van der Waals surface area (Å²) in [6.45, 7) is 4.32. The van der Waals surface area contributed by atoms with Crippen molar-refractivity contribution in [3.05, 3.63) is 36.0 Å². The van der Waals surface area contributed by atoms with Crippen molar-refractivity contribution < 1.29 is 4.74 Å². The van der Waals surface area contributed by atoms with Gasteiger partial charge in [-0.15, -0.1) is 0 Å². The van der Waals surface area contributed by atoms with Crippen LogP contribution in [0.25, 0.3) is 11.4 Å². The van der Waals surface area contributed by atoms with Gasteiger partial charge < -0.3 is 16.2 Å². The highest BCUT2D eigenvalue weighted by Gasteiger charge is 2.06. The van der Waals surface area contributed by atoms with Crippen LogP contribution in [0, 0.1) is 0 Å². The van der Waals surface area contributed by atoms with Gasteiger partial charge in [-0.1, -0.05) is 0 Å². The average Bonchev–Trinajstić information content (AvgIpc) is 2.39. The summed E-state index contributed by atoms with van der Waals surface area (Å²) >= 11 is 0. The Bertz CT molecular complexity index is 552. The van der Waals surface area contributed by atoms with Crippen molar-refractivity contribution in [1.82, 2.24) is 9.97 Å². The smallest absolute Gasteiger partial charge is 0.161 e. The summed E-state index contributed by atoms with van der Waals surface area (Å²) in [7, 11) is 0. The van der Waals surface area contributed by atoms with Crippen molar-refractivity contribution in [2.75, 3.05) is 5.73 Å². The molecule has 19 heavy (non-hydrogen) atoms. The molecule has 0 aliphatic heterocycles. The quantitative estimate of drug-likeness (QED) is 0.875. The Morgan fingerprint density at radius 2 is 1.89 bits per heavy atom. The number of hydrogen-bond donors (Lipinski definition) is 2. The summed E-state index contributed by atoms with van der Waals surface area (Å²) in [5, 5.41) is 0. The molecule has 1 aromatic carbocycles. The molecule has 0 atom stereocenters. The summed E-state index contributed by atoms with van der Waals surface area (Å²) in [4.78, 5) is 8.51. The highest BCUT2D eigenvalue weighted by atomic mass is 16.5. The Kier molecular flexibility index (Phi) is 3.97. The van der Waals surface area contributed by atoms with Crippen LogP contribution in [-0.2, 0) is 6.54 Å². The molecule has 0 bridgehead atoms. The Morgan fingerprint density at radius 1 is 1.21 bits per heavy atom. The molecule has 0 amide bonds. The van der Waals surface area contributed by atoms with Crippen LogP contribution in [0.2, 0.25) is 0 Å². The average molecular weight is 258 g/mol. The molecule has 2 rings (SSSR count). The molecule has 0 saturated carbocycles. The lowest BCUT2D eigenvalue weighted by molar-refractivity contribution is 0.242. The van der Waals surface area contributed by atoms with Crippen LogP contribution < -0.4 is 16.2 Å². The molecule has 1 aromatic heterocycles. The van der Waals surface area contributed by atoms with Crippen molar-refractivity contribution >= 4 is 5.82 Å². The van der Waals surface area contributed by atoms with Crippen LogP contribution in [0.5, 0.6) is 5.75 Å². The lowest BCUT2D eigenvalue weighted by atomic mass is 10.2. The van der Waals surface area contributed by atoms with Crippen molar-refractivity contribution in [2.24, 2.45) is 5.73 Å². The Hall–Kier alpha value is -2.14. The van der Waals surface area contributed by atoms with Crippen molar-refractivity contribution in [1.29, 1.82) is 0 Å². The van der Waals surface area contributed by atoms with Crippen LogP contribution in [0.4, 0.5) is 5.82 Å². The van der Waals surface area contributed by atoms with E-state index in [4.69, 9.17) is 16.2 Å². The molecule has 1 heterocycles. The van der Waals surface area contributed by atoms with E-state index in [1.165, 1.54) is 0 Å². The number of anilines is 1. The fraction of sp³-hybridized carbons (Fsp3) is 0.286. The van der Waals surface area contributed by atoms with Crippen molar-refractivity contribution in [2.45, 2.75) is 26.5 Å². The molecule has 0 saturated heterocycles. The minimum atomic E-state index is 0.154. The fourth-order valence-corrected chi connectivity index (χ4v) is 1.67. The van der Waals surface area contributed by atoms with E-state index in [1.807, 2.05) is 38.1 Å². The molecule has 0 unspecified atom stereocenters. The summed E-state index contributed by atoms with van der Waals surface area (Å²) < 4.78 is 5.58. The second-order valence-corrected chi connectivity index (χ2v) is 4.50. The molecule has 4 N–H and O–H groups in total. The monoisotopic (exact) mass is 258 g/mol. The first kappa shape index (κ1) is 13.3. The number of nitrogens with two attached hydrogens (primary N) is 2. The van der Waals surface area contributed by atoms with E-state index in [0.29, 0.717) is 18.2 Å². The van der Waals surface area contributed by atoms with E-state index in [2.05, 4.69) is 9.97 Å². The molecule has 0 radical (unpaired) electrons. The summed E-state index contributed by atoms with van der Waals surface area (Å²) in [6, 6.07) is 7.61. The number of ether oxygens (including phenoxy) is 1. The first-order valence-electron chi connectivity index (χ1n) is 6.18. The number of hydrogen-bond acceptors (Lipinski definition) is 5. The largest absolute Gasteiger partial charge is 0.491 e. The normalized spacial score (nSPS) is 10.7.